The molecule has 2 aromatic rings. The maximum Gasteiger partial charge on any atom is 0.315 e. The molecule has 1 heterocycles. The lowest BCUT2D eigenvalue weighted by molar-refractivity contribution is -0.146. The lowest BCUT2D eigenvalue weighted by atomic mass is 9.69. The molecule has 1 unspecified atom stereocenters. The van der Waals surface area contributed by atoms with Crippen molar-refractivity contribution in [2.45, 2.75) is 38.5 Å². The highest BCUT2D eigenvalue weighted by atomic mass is 35.5. The monoisotopic (exact) mass is 421 g/mol. The molecule has 0 N–H and O–H groups in total. The van der Waals surface area contributed by atoms with E-state index in [-0.39, 0.29) is 24.3 Å². The Balaban J connectivity index is 1.83. The number of rotatable bonds is 4. The Bertz CT molecular complexity index is 1040. The fourth-order valence-electron chi connectivity index (χ4n) is 4.62. The number of ether oxygens (including phenoxy) is 1. The van der Waals surface area contributed by atoms with Gasteiger partial charge in [0.15, 0.2) is 5.78 Å². The van der Waals surface area contributed by atoms with Crippen LogP contribution in [0.1, 0.15) is 49.7 Å². The van der Waals surface area contributed by atoms with Crippen LogP contribution >= 0.6 is 11.6 Å². The first-order chi connectivity index (χ1) is 14.5. The summed E-state index contributed by atoms with van der Waals surface area (Å²) >= 11 is 6.53. The largest absolute Gasteiger partial charge is 0.465 e. The summed E-state index contributed by atoms with van der Waals surface area (Å²) in [5, 5.41) is 0.538. The van der Waals surface area contributed by atoms with Crippen LogP contribution in [0.4, 0.5) is 0 Å². The van der Waals surface area contributed by atoms with Crippen LogP contribution in [0, 0.1) is 5.92 Å². The van der Waals surface area contributed by atoms with Gasteiger partial charge in [-0.05, 0) is 43.4 Å². The molecule has 1 aliphatic heterocycles. The Morgan fingerprint density at radius 2 is 1.80 bits per heavy atom. The number of Topliss-reactive ketones (excluding diaryl/α,β-unsaturated/α-hetero) is 1. The molecule has 4 rings (SSSR count). The lowest BCUT2D eigenvalue weighted by Gasteiger charge is -2.36. The number of halogens is 1. The molecule has 30 heavy (non-hydrogen) atoms. The SMILES string of the molecule is CCOC(=O)C1C(C)=NC2=C(C(=O)C[C@@H](c3ccccc3)C2)[C@H]1c1ccccc1Cl. The van der Waals surface area contributed by atoms with Crippen molar-refractivity contribution in [2.24, 2.45) is 10.9 Å². The van der Waals surface area contributed by atoms with Gasteiger partial charge >= 0.3 is 5.97 Å². The smallest absolute Gasteiger partial charge is 0.315 e. The molecule has 2 aromatic carbocycles. The molecule has 0 saturated carbocycles. The van der Waals surface area contributed by atoms with E-state index in [4.69, 9.17) is 21.3 Å². The standard InChI is InChI=1S/C25H24ClNO3/c1-3-30-25(29)22-15(2)27-20-13-17(16-9-5-4-6-10-16)14-21(28)24(20)23(22)18-11-7-8-12-19(18)26/h4-12,17,22-23H,3,13-14H2,1-2H3/t17-,22?,23-/m0/s1. The molecule has 0 radical (unpaired) electrons. The van der Waals surface area contributed by atoms with Gasteiger partial charge in [0.2, 0.25) is 0 Å². The van der Waals surface area contributed by atoms with Crippen molar-refractivity contribution in [3.05, 3.63) is 82.0 Å². The van der Waals surface area contributed by atoms with Crippen LogP contribution in [0.3, 0.4) is 0 Å². The zero-order valence-electron chi connectivity index (χ0n) is 17.1. The molecule has 0 saturated heterocycles. The number of nitrogens with zero attached hydrogens (tertiary/aromatic N) is 1. The zero-order valence-corrected chi connectivity index (χ0v) is 17.9. The first-order valence-corrected chi connectivity index (χ1v) is 10.7. The van der Waals surface area contributed by atoms with E-state index in [1.165, 1.54) is 0 Å². The first-order valence-electron chi connectivity index (χ1n) is 10.3. The predicted octanol–water partition coefficient (Wildman–Crippen LogP) is 5.48. The molecule has 154 valence electrons. The van der Waals surface area contributed by atoms with Crippen LogP contribution in [0.2, 0.25) is 5.02 Å². The molecule has 1 aliphatic carbocycles. The van der Waals surface area contributed by atoms with Gasteiger partial charge in [0.25, 0.3) is 0 Å². The topological polar surface area (TPSA) is 55.7 Å². The van der Waals surface area contributed by atoms with Crippen LogP contribution < -0.4 is 0 Å². The van der Waals surface area contributed by atoms with Crippen molar-refractivity contribution in [3.63, 3.8) is 0 Å². The summed E-state index contributed by atoms with van der Waals surface area (Å²) in [5.41, 5.74) is 3.94. The summed E-state index contributed by atoms with van der Waals surface area (Å²) in [4.78, 5) is 31.1. The van der Waals surface area contributed by atoms with E-state index in [9.17, 15) is 9.59 Å². The third-order valence-electron chi connectivity index (χ3n) is 5.94. The van der Waals surface area contributed by atoms with E-state index in [1.54, 1.807) is 13.0 Å². The third-order valence-corrected chi connectivity index (χ3v) is 6.28. The van der Waals surface area contributed by atoms with E-state index >= 15 is 0 Å². The molecule has 0 spiro atoms. The zero-order chi connectivity index (χ0) is 21.3. The summed E-state index contributed by atoms with van der Waals surface area (Å²) in [7, 11) is 0. The van der Waals surface area contributed by atoms with Crippen molar-refractivity contribution in [1.29, 1.82) is 0 Å². The Kier molecular flexibility index (Phi) is 5.87. The van der Waals surface area contributed by atoms with Crippen molar-refractivity contribution in [1.82, 2.24) is 0 Å². The summed E-state index contributed by atoms with van der Waals surface area (Å²) in [6, 6.07) is 17.5. The van der Waals surface area contributed by atoms with Gasteiger partial charge in [-0.3, -0.25) is 14.6 Å². The van der Waals surface area contributed by atoms with Crippen LogP contribution in [-0.2, 0) is 14.3 Å². The van der Waals surface area contributed by atoms with Crippen molar-refractivity contribution < 1.29 is 14.3 Å². The highest BCUT2D eigenvalue weighted by molar-refractivity contribution is 6.31. The molecular weight excluding hydrogens is 398 g/mol. The van der Waals surface area contributed by atoms with Gasteiger partial charge < -0.3 is 4.74 Å². The second-order valence-electron chi connectivity index (χ2n) is 7.78. The highest BCUT2D eigenvalue weighted by Crippen LogP contribution is 2.48. The second-order valence-corrected chi connectivity index (χ2v) is 8.19. The number of allylic oxidation sites excluding steroid dienone is 2. The molecular formula is C25H24ClNO3. The normalized spacial score (nSPS) is 23.6. The Morgan fingerprint density at radius 3 is 2.50 bits per heavy atom. The van der Waals surface area contributed by atoms with E-state index in [0.29, 0.717) is 29.1 Å². The fourth-order valence-corrected chi connectivity index (χ4v) is 4.87. The minimum absolute atomic E-state index is 0.0283. The molecule has 0 bridgehead atoms. The van der Waals surface area contributed by atoms with Crippen LogP contribution in [0.25, 0.3) is 0 Å². The number of aliphatic imine (C=N–C) groups is 1. The summed E-state index contributed by atoms with van der Waals surface area (Å²) in [5.74, 6) is -1.39. The number of esters is 1. The predicted molar refractivity (Wildman–Crippen MR) is 118 cm³/mol. The Morgan fingerprint density at radius 1 is 1.10 bits per heavy atom. The average Bonchev–Trinajstić information content (AvgIpc) is 2.74. The highest BCUT2D eigenvalue weighted by Gasteiger charge is 2.45. The second kappa shape index (κ2) is 8.57. The number of carbonyl (C=O) groups excluding carboxylic acids is 2. The van der Waals surface area contributed by atoms with Gasteiger partial charge in [-0.15, -0.1) is 0 Å². The maximum atomic E-state index is 13.4. The molecule has 0 aromatic heterocycles. The third kappa shape index (κ3) is 3.72. The number of benzene rings is 2. The quantitative estimate of drug-likeness (QED) is 0.614. The van der Waals surface area contributed by atoms with E-state index in [2.05, 4.69) is 12.1 Å². The number of carbonyl (C=O) groups is 2. The van der Waals surface area contributed by atoms with Crippen LogP contribution in [0.15, 0.2) is 70.9 Å². The van der Waals surface area contributed by atoms with Gasteiger partial charge in [0.1, 0.15) is 5.92 Å². The first kappa shape index (κ1) is 20.5. The fraction of sp³-hybridized carbons (Fsp3) is 0.320. The van der Waals surface area contributed by atoms with Gasteiger partial charge in [0.05, 0.1) is 6.61 Å². The summed E-state index contributed by atoms with van der Waals surface area (Å²) in [6.45, 7) is 3.89. The number of ketones is 1. The molecule has 3 atom stereocenters. The molecule has 4 nitrogen and oxygen atoms in total. The lowest BCUT2D eigenvalue weighted by Crippen LogP contribution is -2.38. The van der Waals surface area contributed by atoms with Crippen molar-refractivity contribution >= 4 is 29.1 Å². The van der Waals surface area contributed by atoms with E-state index < -0.39 is 11.8 Å². The van der Waals surface area contributed by atoms with Crippen LogP contribution in [0.5, 0.6) is 0 Å². The molecule has 5 heteroatoms. The number of hydrogen-bond donors (Lipinski definition) is 0. The van der Waals surface area contributed by atoms with Crippen LogP contribution in [-0.4, -0.2) is 24.1 Å². The molecule has 0 fully saturated rings. The molecule has 0 amide bonds. The Labute approximate surface area is 181 Å². The maximum absolute atomic E-state index is 13.4. The summed E-state index contributed by atoms with van der Waals surface area (Å²) in [6.07, 6.45) is 1.06. The number of hydrogen-bond acceptors (Lipinski definition) is 4. The van der Waals surface area contributed by atoms with E-state index in [0.717, 1.165) is 16.8 Å². The Hall–Kier alpha value is -2.72. The average molecular weight is 422 g/mol. The van der Waals surface area contributed by atoms with Crippen molar-refractivity contribution in [3.8, 4) is 0 Å². The minimum atomic E-state index is -0.652. The van der Waals surface area contributed by atoms with Gasteiger partial charge in [0, 0.05) is 34.3 Å². The van der Waals surface area contributed by atoms with Gasteiger partial charge in [-0.1, -0.05) is 60.1 Å². The molecule has 2 aliphatic rings. The van der Waals surface area contributed by atoms with Gasteiger partial charge in [-0.2, -0.15) is 0 Å². The van der Waals surface area contributed by atoms with Gasteiger partial charge in [-0.25, -0.2) is 0 Å². The summed E-state index contributed by atoms with van der Waals surface area (Å²) < 4.78 is 5.35. The minimum Gasteiger partial charge on any atom is -0.465 e. The van der Waals surface area contributed by atoms with E-state index in [1.807, 2.05) is 43.3 Å². The van der Waals surface area contributed by atoms with Crippen molar-refractivity contribution in [2.75, 3.05) is 6.61 Å².